The van der Waals surface area contributed by atoms with Gasteiger partial charge in [-0.15, -0.1) is 0 Å². The predicted octanol–water partition coefficient (Wildman–Crippen LogP) is 2.46. The van der Waals surface area contributed by atoms with Crippen molar-refractivity contribution in [3.63, 3.8) is 0 Å². The van der Waals surface area contributed by atoms with Crippen LogP contribution >= 0.6 is 0 Å². The topological polar surface area (TPSA) is 49.8 Å². The van der Waals surface area contributed by atoms with Crippen molar-refractivity contribution in [3.05, 3.63) is 29.8 Å². The fraction of sp³-hybridized carbons (Fsp3) is 0.562. The summed E-state index contributed by atoms with van der Waals surface area (Å²) in [5.74, 6) is 0.789. The number of piperidine rings is 1. The van der Waals surface area contributed by atoms with Gasteiger partial charge < -0.3 is 14.7 Å². The van der Waals surface area contributed by atoms with Crippen LogP contribution in [0.15, 0.2) is 24.3 Å². The highest BCUT2D eigenvalue weighted by Gasteiger charge is 2.22. The van der Waals surface area contributed by atoms with Crippen molar-refractivity contribution in [1.82, 2.24) is 4.90 Å². The molecule has 1 saturated heterocycles. The minimum Gasteiger partial charge on any atom is -0.494 e. The van der Waals surface area contributed by atoms with Crippen LogP contribution in [0, 0.1) is 0 Å². The standard InChI is InChI=1S/C16H23NO3/c1-2-3-11-20-15-8-6-13(7-9-15)16(19)17-10-4-5-14(18)12-17/h6-9,14,18H,2-5,10-12H2,1H3. The van der Waals surface area contributed by atoms with Crippen LogP contribution in [0.3, 0.4) is 0 Å². The van der Waals surface area contributed by atoms with Gasteiger partial charge in [0.25, 0.3) is 5.91 Å². The SMILES string of the molecule is CCCCOc1ccc(C(=O)N2CCCC(O)C2)cc1. The lowest BCUT2D eigenvalue weighted by molar-refractivity contribution is 0.0473. The molecule has 1 atom stereocenters. The van der Waals surface area contributed by atoms with E-state index in [9.17, 15) is 9.90 Å². The number of hydrogen-bond donors (Lipinski definition) is 1. The van der Waals surface area contributed by atoms with E-state index in [1.807, 2.05) is 12.1 Å². The van der Waals surface area contributed by atoms with Gasteiger partial charge in [-0.25, -0.2) is 0 Å². The highest BCUT2D eigenvalue weighted by molar-refractivity contribution is 5.94. The predicted molar refractivity (Wildman–Crippen MR) is 78.0 cm³/mol. The molecule has 110 valence electrons. The minimum absolute atomic E-state index is 0.0103. The van der Waals surface area contributed by atoms with Crippen LogP contribution in [0.1, 0.15) is 43.0 Å². The van der Waals surface area contributed by atoms with E-state index in [1.165, 1.54) is 0 Å². The van der Waals surface area contributed by atoms with Crippen LogP contribution in [0.25, 0.3) is 0 Å². The summed E-state index contributed by atoms with van der Waals surface area (Å²) in [6, 6.07) is 7.27. The molecule has 1 aromatic carbocycles. The van der Waals surface area contributed by atoms with Crippen molar-refractivity contribution in [2.45, 2.75) is 38.7 Å². The zero-order chi connectivity index (χ0) is 14.4. The molecule has 1 fully saturated rings. The largest absolute Gasteiger partial charge is 0.494 e. The molecule has 0 radical (unpaired) electrons. The van der Waals surface area contributed by atoms with Gasteiger partial charge in [0.05, 0.1) is 12.7 Å². The Balaban J connectivity index is 1.93. The molecule has 0 spiro atoms. The van der Waals surface area contributed by atoms with Crippen LogP contribution in [-0.2, 0) is 0 Å². The van der Waals surface area contributed by atoms with Crippen LogP contribution in [0.2, 0.25) is 0 Å². The molecule has 4 nitrogen and oxygen atoms in total. The molecule has 20 heavy (non-hydrogen) atoms. The van der Waals surface area contributed by atoms with Gasteiger partial charge in [0, 0.05) is 18.7 Å². The first-order valence-corrected chi connectivity index (χ1v) is 7.41. The number of rotatable bonds is 5. The van der Waals surface area contributed by atoms with Gasteiger partial charge in [-0.2, -0.15) is 0 Å². The minimum atomic E-state index is -0.385. The molecular weight excluding hydrogens is 254 g/mol. The van der Waals surface area contributed by atoms with E-state index in [0.717, 1.165) is 38.0 Å². The number of carbonyl (C=O) groups excluding carboxylic acids is 1. The van der Waals surface area contributed by atoms with Crippen LogP contribution in [0.4, 0.5) is 0 Å². The van der Waals surface area contributed by atoms with Crippen molar-refractivity contribution < 1.29 is 14.6 Å². The van der Waals surface area contributed by atoms with E-state index >= 15 is 0 Å². The Hall–Kier alpha value is -1.55. The number of nitrogens with zero attached hydrogens (tertiary/aromatic N) is 1. The fourth-order valence-electron chi connectivity index (χ4n) is 2.35. The summed E-state index contributed by atoms with van der Waals surface area (Å²) in [5.41, 5.74) is 0.655. The fourth-order valence-corrected chi connectivity index (χ4v) is 2.35. The zero-order valence-corrected chi connectivity index (χ0v) is 12.0. The van der Waals surface area contributed by atoms with Gasteiger partial charge in [0.1, 0.15) is 5.75 Å². The lowest BCUT2D eigenvalue weighted by atomic mass is 10.1. The molecule has 4 heteroatoms. The van der Waals surface area contributed by atoms with Gasteiger partial charge in [0.2, 0.25) is 0 Å². The lowest BCUT2D eigenvalue weighted by Crippen LogP contribution is -2.42. The second-order valence-electron chi connectivity index (χ2n) is 5.27. The van der Waals surface area contributed by atoms with Crippen LogP contribution in [-0.4, -0.2) is 41.7 Å². The number of aliphatic hydroxyl groups excluding tert-OH is 1. The second kappa shape index (κ2) is 7.29. The van der Waals surface area contributed by atoms with Gasteiger partial charge >= 0.3 is 0 Å². The molecule has 1 aliphatic rings. The first-order valence-electron chi connectivity index (χ1n) is 7.41. The first kappa shape index (κ1) is 14.9. The number of ether oxygens (including phenoxy) is 1. The Morgan fingerprint density at radius 3 is 2.80 bits per heavy atom. The molecule has 0 bridgehead atoms. The molecule has 1 unspecified atom stereocenters. The maximum Gasteiger partial charge on any atom is 0.253 e. The third-order valence-corrected chi connectivity index (χ3v) is 3.55. The second-order valence-corrected chi connectivity index (χ2v) is 5.27. The number of likely N-dealkylation sites (tertiary alicyclic amines) is 1. The van der Waals surface area contributed by atoms with E-state index in [4.69, 9.17) is 4.74 Å². The lowest BCUT2D eigenvalue weighted by Gasteiger charge is -2.30. The van der Waals surface area contributed by atoms with Gasteiger partial charge in [-0.3, -0.25) is 4.79 Å². The highest BCUT2D eigenvalue weighted by atomic mass is 16.5. The summed E-state index contributed by atoms with van der Waals surface area (Å²) in [7, 11) is 0. The maximum atomic E-state index is 12.3. The van der Waals surface area contributed by atoms with Gasteiger partial charge in [0.15, 0.2) is 0 Å². The van der Waals surface area contributed by atoms with Crippen molar-refractivity contribution in [2.24, 2.45) is 0 Å². The molecule has 1 N–H and O–H groups in total. The average molecular weight is 277 g/mol. The summed E-state index contributed by atoms with van der Waals surface area (Å²) in [5, 5.41) is 9.63. The third kappa shape index (κ3) is 3.97. The molecular formula is C16H23NO3. The number of β-amino-alcohol motifs (C(OH)–C–C–N with tert-alkyl or cyclic N) is 1. The smallest absolute Gasteiger partial charge is 0.253 e. The molecule has 1 heterocycles. The Bertz CT molecular complexity index is 430. The Labute approximate surface area is 120 Å². The van der Waals surface area contributed by atoms with Crippen molar-refractivity contribution in [1.29, 1.82) is 0 Å². The Kier molecular flexibility index (Phi) is 5.41. The van der Waals surface area contributed by atoms with E-state index in [0.29, 0.717) is 18.7 Å². The Morgan fingerprint density at radius 2 is 2.15 bits per heavy atom. The number of unbranched alkanes of at least 4 members (excludes halogenated alkanes) is 1. The maximum absolute atomic E-state index is 12.3. The number of hydrogen-bond acceptors (Lipinski definition) is 3. The highest BCUT2D eigenvalue weighted by Crippen LogP contribution is 2.17. The van der Waals surface area contributed by atoms with Gasteiger partial charge in [-0.05, 0) is 43.5 Å². The summed E-state index contributed by atoms with van der Waals surface area (Å²) in [4.78, 5) is 14.0. The Morgan fingerprint density at radius 1 is 1.40 bits per heavy atom. The molecule has 1 amide bonds. The van der Waals surface area contributed by atoms with Gasteiger partial charge in [-0.1, -0.05) is 13.3 Å². The third-order valence-electron chi connectivity index (χ3n) is 3.55. The van der Waals surface area contributed by atoms with Crippen molar-refractivity contribution in [3.8, 4) is 5.75 Å². The molecule has 0 saturated carbocycles. The van der Waals surface area contributed by atoms with Crippen LogP contribution < -0.4 is 4.74 Å². The molecule has 0 aliphatic carbocycles. The van der Waals surface area contributed by atoms with Crippen molar-refractivity contribution >= 4 is 5.91 Å². The van der Waals surface area contributed by atoms with E-state index in [2.05, 4.69) is 6.92 Å². The van der Waals surface area contributed by atoms with E-state index in [-0.39, 0.29) is 12.0 Å². The number of aliphatic hydroxyl groups is 1. The van der Waals surface area contributed by atoms with Crippen LogP contribution in [0.5, 0.6) is 5.75 Å². The monoisotopic (exact) mass is 277 g/mol. The molecule has 1 aliphatic heterocycles. The summed E-state index contributed by atoms with van der Waals surface area (Å²) >= 11 is 0. The normalized spacial score (nSPS) is 18.9. The molecule has 0 aromatic heterocycles. The van der Waals surface area contributed by atoms with E-state index < -0.39 is 0 Å². The quantitative estimate of drug-likeness (QED) is 0.841. The molecule has 1 aromatic rings. The average Bonchev–Trinajstić information content (AvgIpc) is 2.47. The number of benzene rings is 1. The number of amides is 1. The zero-order valence-electron chi connectivity index (χ0n) is 12.0. The molecule has 2 rings (SSSR count). The summed E-state index contributed by atoms with van der Waals surface area (Å²) in [6.07, 6.45) is 3.41. The summed E-state index contributed by atoms with van der Waals surface area (Å²) < 4.78 is 5.58. The van der Waals surface area contributed by atoms with Crippen molar-refractivity contribution in [2.75, 3.05) is 19.7 Å². The summed E-state index contributed by atoms with van der Waals surface area (Å²) in [6.45, 7) is 4.00. The number of carbonyl (C=O) groups is 1. The van der Waals surface area contributed by atoms with E-state index in [1.54, 1.807) is 17.0 Å². The first-order chi connectivity index (χ1) is 9.70.